The van der Waals surface area contributed by atoms with Crippen LogP contribution in [0.2, 0.25) is 0 Å². The summed E-state index contributed by atoms with van der Waals surface area (Å²) < 4.78 is 0. The van der Waals surface area contributed by atoms with Crippen molar-refractivity contribution in [3.63, 3.8) is 0 Å². The molecule has 0 saturated heterocycles. The maximum Gasteiger partial charge on any atom is 0.233 e. The topological polar surface area (TPSA) is 55.1 Å². The van der Waals surface area contributed by atoms with Gasteiger partial charge < -0.3 is 11.1 Å². The van der Waals surface area contributed by atoms with Crippen LogP contribution in [0.3, 0.4) is 0 Å². The maximum absolute atomic E-state index is 11.0. The molecule has 4 heteroatoms. The Hall–Kier alpha value is -0.220. The minimum atomic E-state index is -0.0215. The normalized spacial score (nSPS) is 28.5. The predicted octanol–water partition coefficient (Wildman–Crippen LogP) is 0.736. The molecule has 0 heterocycles. The van der Waals surface area contributed by atoms with Crippen LogP contribution in [0.1, 0.15) is 25.7 Å². The van der Waals surface area contributed by atoms with Crippen molar-refractivity contribution >= 4 is 17.7 Å². The zero-order chi connectivity index (χ0) is 9.68. The third-order valence-corrected chi connectivity index (χ3v) is 3.60. The lowest BCUT2D eigenvalue weighted by molar-refractivity contribution is -0.120. The highest BCUT2D eigenvalue weighted by Crippen LogP contribution is 2.26. The molecular weight excluding hydrogens is 184 g/mol. The minimum absolute atomic E-state index is 0.0215. The van der Waals surface area contributed by atoms with Crippen molar-refractivity contribution in [2.24, 2.45) is 5.73 Å². The molecule has 3 N–H and O–H groups in total. The van der Waals surface area contributed by atoms with Crippen molar-refractivity contribution < 1.29 is 4.79 Å². The van der Waals surface area contributed by atoms with Crippen LogP contribution in [0.25, 0.3) is 0 Å². The Kier molecular flexibility index (Phi) is 4.59. The Morgan fingerprint density at radius 1 is 1.62 bits per heavy atom. The van der Waals surface area contributed by atoms with E-state index in [1.807, 2.05) is 11.8 Å². The molecule has 1 fully saturated rings. The summed E-state index contributed by atoms with van der Waals surface area (Å²) in [6, 6.07) is 0.363. The molecule has 1 amide bonds. The summed E-state index contributed by atoms with van der Waals surface area (Å²) >= 11 is 1.90. The van der Waals surface area contributed by atoms with E-state index in [1.54, 1.807) is 0 Å². The van der Waals surface area contributed by atoms with Crippen LogP contribution >= 0.6 is 11.8 Å². The minimum Gasteiger partial charge on any atom is -0.352 e. The fraction of sp³-hybridized carbons (Fsp3) is 0.889. The molecule has 1 saturated carbocycles. The van der Waals surface area contributed by atoms with E-state index in [0.29, 0.717) is 6.04 Å². The van der Waals surface area contributed by atoms with Gasteiger partial charge in [0.05, 0.1) is 6.54 Å². The SMILES string of the molecule is CSC1CCCC(NC(=O)CN)C1. The summed E-state index contributed by atoms with van der Waals surface area (Å²) in [5.74, 6) is -0.0215. The van der Waals surface area contributed by atoms with Crippen LogP contribution in [0, 0.1) is 0 Å². The first kappa shape index (κ1) is 10.9. The molecule has 0 aliphatic heterocycles. The summed E-state index contributed by atoms with van der Waals surface area (Å²) in [4.78, 5) is 11.0. The second-order valence-corrected chi connectivity index (χ2v) is 4.63. The smallest absolute Gasteiger partial charge is 0.233 e. The van der Waals surface area contributed by atoms with Gasteiger partial charge >= 0.3 is 0 Å². The maximum atomic E-state index is 11.0. The third kappa shape index (κ3) is 3.56. The number of nitrogens with two attached hydrogens (primary N) is 1. The molecule has 1 aliphatic carbocycles. The molecule has 0 aromatic rings. The zero-order valence-electron chi connectivity index (χ0n) is 8.08. The number of thioether (sulfide) groups is 1. The zero-order valence-corrected chi connectivity index (χ0v) is 8.90. The molecule has 1 aliphatic rings. The van der Waals surface area contributed by atoms with Crippen LogP contribution < -0.4 is 11.1 Å². The molecule has 0 radical (unpaired) electrons. The quantitative estimate of drug-likeness (QED) is 0.709. The van der Waals surface area contributed by atoms with Gasteiger partial charge in [0, 0.05) is 11.3 Å². The molecular formula is C9H18N2OS. The van der Waals surface area contributed by atoms with E-state index in [2.05, 4.69) is 11.6 Å². The highest BCUT2D eigenvalue weighted by atomic mass is 32.2. The molecule has 2 unspecified atom stereocenters. The Morgan fingerprint density at radius 3 is 3.00 bits per heavy atom. The van der Waals surface area contributed by atoms with Crippen molar-refractivity contribution in [2.45, 2.75) is 37.0 Å². The monoisotopic (exact) mass is 202 g/mol. The highest BCUT2D eigenvalue weighted by Gasteiger charge is 2.21. The van der Waals surface area contributed by atoms with Crippen LogP contribution in [-0.4, -0.2) is 30.0 Å². The van der Waals surface area contributed by atoms with E-state index < -0.39 is 0 Å². The van der Waals surface area contributed by atoms with E-state index in [1.165, 1.54) is 12.8 Å². The molecule has 2 atom stereocenters. The van der Waals surface area contributed by atoms with Crippen molar-refractivity contribution in [3.8, 4) is 0 Å². The Balaban J connectivity index is 2.29. The largest absolute Gasteiger partial charge is 0.352 e. The molecule has 0 bridgehead atoms. The summed E-state index contributed by atoms with van der Waals surface area (Å²) in [6.07, 6.45) is 6.87. The first-order chi connectivity index (χ1) is 6.26. The molecule has 3 nitrogen and oxygen atoms in total. The summed E-state index contributed by atoms with van der Waals surface area (Å²) in [7, 11) is 0. The van der Waals surface area contributed by atoms with Gasteiger partial charge in [-0.25, -0.2) is 0 Å². The fourth-order valence-corrected chi connectivity index (χ4v) is 2.60. The molecule has 13 heavy (non-hydrogen) atoms. The van der Waals surface area contributed by atoms with Gasteiger partial charge in [-0.3, -0.25) is 4.79 Å². The first-order valence-electron chi connectivity index (χ1n) is 4.78. The van der Waals surface area contributed by atoms with Gasteiger partial charge in [-0.05, 0) is 25.5 Å². The number of carbonyl (C=O) groups is 1. The van der Waals surface area contributed by atoms with Gasteiger partial charge in [0.2, 0.25) is 5.91 Å². The van der Waals surface area contributed by atoms with E-state index in [-0.39, 0.29) is 12.5 Å². The van der Waals surface area contributed by atoms with Crippen molar-refractivity contribution in [2.75, 3.05) is 12.8 Å². The fourth-order valence-electron chi connectivity index (χ4n) is 1.78. The third-order valence-electron chi connectivity index (χ3n) is 2.51. The first-order valence-corrected chi connectivity index (χ1v) is 6.07. The Labute approximate surface area is 83.8 Å². The lowest BCUT2D eigenvalue weighted by Crippen LogP contribution is -2.41. The van der Waals surface area contributed by atoms with Crippen LogP contribution in [-0.2, 0) is 4.79 Å². The standard InChI is InChI=1S/C9H18N2OS/c1-13-8-4-2-3-7(5-8)11-9(12)6-10/h7-8H,2-6,10H2,1H3,(H,11,12). The van der Waals surface area contributed by atoms with Crippen molar-refractivity contribution in [3.05, 3.63) is 0 Å². The Morgan fingerprint density at radius 2 is 2.38 bits per heavy atom. The highest BCUT2D eigenvalue weighted by molar-refractivity contribution is 7.99. The van der Waals surface area contributed by atoms with Gasteiger partial charge in [-0.2, -0.15) is 11.8 Å². The molecule has 0 aromatic carbocycles. The van der Waals surface area contributed by atoms with Gasteiger partial charge in [0.25, 0.3) is 0 Å². The molecule has 0 spiro atoms. The van der Waals surface area contributed by atoms with Crippen molar-refractivity contribution in [1.82, 2.24) is 5.32 Å². The molecule has 76 valence electrons. The number of amides is 1. The van der Waals surface area contributed by atoms with Gasteiger partial charge in [0.1, 0.15) is 0 Å². The second-order valence-electron chi connectivity index (χ2n) is 3.49. The number of carbonyl (C=O) groups excluding carboxylic acids is 1. The Bertz CT molecular complexity index is 175. The second kappa shape index (κ2) is 5.50. The van der Waals surface area contributed by atoms with E-state index >= 15 is 0 Å². The average Bonchev–Trinajstić information content (AvgIpc) is 2.18. The number of rotatable bonds is 3. The molecule has 1 rings (SSSR count). The van der Waals surface area contributed by atoms with Crippen LogP contribution in [0.5, 0.6) is 0 Å². The lowest BCUT2D eigenvalue weighted by Gasteiger charge is -2.28. The van der Waals surface area contributed by atoms with E-state index in [0.717, 1.165) is 18.1 Å². The average molecular weight is 202 g/mol. The lowest BCUT2D eigenvalue weighted by atomic mass is 9.95. The van der Waals surface area contributed by atoms with Crippen LogP contribution in [0.4, 0.5) is 0 Å². The van der Waals surface area contributed by atoms with Gasteiger partial charge in [-0.15, -0.1) is 0 Å². The molecule has 0 aromatic heterocycles. The van der Waals surface area contributed by atoms with Gasteiger partial charge in [0.15, 0.2) is 0 Å². The van der Waals surface area contributed by atoms with Crippen LogP contribution in [0.15, 0.2) is 0 Å². The predicted molar refractivity (Wildman–Crippen MR) is 56.8 cm³/mol. The number of hydrogen-bond donors (Lipinski definition) is 2. The number of nitrogens with one attached hydrogen (secondary N) is 1. The summed E-state index contributed by atoms with van der Waals surface area (Å²) in [5.41, 5.74) is 5.24. The summed E-state index contributed by atoms with van der Waals surface area (Å²) in [5, 5.41) is 3.67. The number of hydrogen-bond acceptors (Lipinski definition) is 3. The van der Waals surface area contributed by atoms with Crippen molar-refractivity contribution in [1.29, 1.82) is 0 Å². The van der Waals surface area contributed by atoms with E-state index in [4.69, 9.17) is 5.73 Å². The van der Waals surface area contributed by atoms with Gasteiger partial charge in [-0.1, -0.05) is 6.42 Å². The van der Waals surface area contributed by atoms with E-state index in [9.17, 15) is 4.79 Å². The summed E-state index contributed by atoms with van der Waals surface area (Å²) in [6.45, 7) is 0.112.